The molecule has 1 heterocycles. The van der Waals surface area contributed by atoms with Gasteiger partial charge in [-0.3, -0.25) is 0 Å². The fourth-order valence-corrected chi connectivity index (χ4v) is 3.30. The summed E-state index contributed by atoms with van der Waals surface area (Å²) in [5.74, 6) is 2.27. The summed E-state index contributed by atoms with van der Waals surface area (Å²) >= 11 is 1.95. The Bertz CT molecular complexity index is 155. The first-order valence-corrected chi connectivity index (χ1v) is 5.52. The van der Waals surface area contributed by atoms with Crippen molar-refractivity contribution < 1.29 is 4.74 Å². The van der Waals surface area contributed by atoms with Crippen LogP contribution in [0, 0.1) is 5.41 Å². The summed E-state index contributed by atoms with van der Waals surface area (Å²) in [7, 11) is 1.77. The predicted molar refractivity (Wildman–Crippen MR) is 54.5 cm³/mol. The fourth-order valence-electron chi connectivity index (χ4n) is 1.83. The number of rotatable bonds is 2. The van der Waals surface area contributed by atoms with E-state index in [1.807, 2.05) is 11.8 Å². The van der Waals surface area contributed by atoms with Gasteiger partial charge in [0.05, 0.1) is 5.60 Å². The number of nitrogens with two attached hydrogens (primary N) is 1. The summed E-state index contributed by atoms with van der Waals surface area (Å²) in [5, 5.41) is 0. The lowest BCUT2D eigenvalue weighted by Crippen LogP contribution is -2.49. The standard InChI is InChI=1S/C9H19NOS/c1-8(2)4-9(5-10,11-3)7-12-6-8/h4-7,10H2,1-3H3. The third kappa shape index (κ3) is 2.15. The molecule has 1 unspecified atom stereocenters. The lowest BCUT2D eigenvalue weighted by Gasteiger charge is -2.42. The van der Waals surface area contributed by atoms with Crippen molar-refractivity contribution in [1.29, 1.82) is 0 Å². The minimum atomic E-state index is -0.0631. The molecule has 2 N–H and O–H groups in total. The summed E-state index contributed by atoms with van der Waals surface area (Å²) in [5.41, 5.74) is 6.04. The molecule has 0 amide bonds. The van der Waals surface area contributed by atoms with Crippen LogP contribution in [0.15, 0.2) is 0 Å². The molecule has 72 valence electrons. The molecule has 0 aromatic carbocycles. The van der Waals surface area contributed by atoms with E-state index in [4.69, 9.17) is 10.5 Å². The molecule has 3 heteroatoms. The molecule has 1 rings (SSSR count). The zero-order valence-electron chi connectivity index (χ0n) is 8.22. The molecule has 12 heavy (non-hydrogen) atoms. The highest BCUT2D eigenvalue weighted by atomic mass is 32.2. The number of hydrogen-bond acceptors (Lipinski definition) is 3. The highest BCUT2D eigenvalue weighted by Crippen LogP contribution is 2.40. The summed E-state index contributed by atoms with van der Waals surface area (Å²) in [6.45, 7) is 5.20. The zero-order chi connectivity index (χ0) is 9.24. The number of ether oxygens (including phenoxy) is 1. The van der Waals surface area contributed by atoms with Crippen LogP contribution in [0.4, 0.5) is 0 Å². The molecule has 1 atom stereocenters. The fraction of sp³-hybridized carbons (Fsp3) is 1.00. The predicted octanol–water partition coefficient (Wildman–Crippen LogP) is 1.49. The molecule has 1 saturated heterocycles. The minimum Gasteiger partial charge on any atom is -0.376 e. The van der Waals surface area contributed by atoms with Crippen LogP contribution in [0.3, 0.4) is 0 Å². The third-order valence-electron chi connectivity index (χ3n) is 2.46. The van der Waals surface area contributed by atoms with Crippen LogP contribution >= 0.6 is 11.8 Å². The molecule has 0 bridgehead atoms. The molecule has 1 aliphatic rings. The van der Waals surface area contributed by atoms with Crippen LogP contribution in [0.5, 0.6) is 0 Å². The van der Waals surface area contributed by atoms with Gasteiger partial charge < -0.3 is 10.5 Å². The molecule has 0 spiro atoms. The Balaban J connectivity index is 2.65. The van der Waals surface area contributed by atoms with Gasteiger partial charge in [0.1, 0.15) is 0 Å². The van der Waals surface area contributed by atoms with Crippen molar-refractivity contribution >= 4 is 11.8 Å². The normalized spacial score (nSPS) is 35.0. The molecular weight excluding hydrogens is 170 g/mol. The lowest BCUT2D eigenvalue weighted by atomic mass is 9.82. The first-order valence-electron chi connectivity index (χ1n) is 4.37. The van der Waals surface area contributed by atoms with Crippen molar-refractivity contribution in [3.05, 3.63) is 0 Å². The van der Waals surface area contributed by atoms with E-state index in [1.54, 1.807) is 7.11 Å². The van der Waals surface area contributed by atoms with Crippen LogP contribution in [-0.2, 0) is 4.74 Å². The summed E-state index contributed by atoms with van der Waals surface area (Å²) in [4.78, 5) is 0. The average Bonchev–Trinajstić information content (AvgIpc) is 2.02. The van der Waals surface area contributed by atoms with Crippen LogP contribution in [0.2, 0.25) is 0 Å². The van der Waals surface area contributed by atoms with E-state index in [0.29, 0.717) is 12.0 Å². The Hall–Kier alpha value is 0.270. The highest BCUT2D eigenvalue weighted by molar-refractivity contribution is 7.99. The van der Waals surface area contributed by atoms with E-state index < -0.39 is 0 Å². The largest absolute Gasteiger partial charge is 0.376 e. The number of hydrogen-bond donors (Lipinski definition) is 1. The quantitative estimate of drug-likeness (QED) is 0.715. The van der Waals surface area contributed by atoms with E-state index >= 15 is 0 Å². The van der Waals surface area contributed by atoms with E-state index in [2.05, 4.69) is 13.8 Å². The molecule has 0 radical (unpaired) electrons. The Morgan fingerprint density at radius 3 is 2.42 bits per heavy atom. The Morgan fingerprint density at radius 2 is 2.08 bits per heavy atom. The Morgan fingerprint density at radius 1 is 1.42 bits per heavy atom. The lowest BCUT2D eigenvalue weighted by molar-refractivity contribution is -0.0166. The van der Waals surface area contributed by atoms with Gasteiger partial charge in [-0.25, -0.2) is 0 Å². The van der Waals surface area contributed by atoms with Crippen LogP contribution in [-0.4, -0.2) is 30.8 Å². The molecular formula is C9H19NOS. The maximum atomic E-state index is 5.73. The van der Waals surface area contributed by atoms with E-state index in [9.17, 15) is 0 Å². The van der Waals surface area contributed by atoms with Gasteiger partial charge >= 0.3 is 0 Å². The van der Waals surface area contributed by atoms with Crippen molar-refractivity contribution in [2.75, 3.05) is 25.2 Å². The zero-order valence-corrected chi connectivity index (χ0v) is 9.04. The van der Waals surface area contributed by atoms with Gasteiger partial charge in [-0.1, -0.05) is 13.8 Å². The second-order valence-corrected chi connectivity index (χ2v) is 5.41. The molecule has 2 nitrogen and oxygen atoms in total. The maximum absolute atomic E-state index is 5.73. The van der Waals surface area contributed by atoms with Crippen molar-refractivity contribution in [3.8, 4) is 0 Å². The second kappa shape index (κ2) is 3.56. The van der Waals surface area contributed by atoms with Crippen molar-refractivity contribution in [3.63, 3.8) is 0 Å². The Kier molecular flexibility index (Phi) is 3.07. The first kappa shape index (κ1) is 10.4. The monoisotopic (exact) mass is 189 g/mol. The summed E-state index contributed by atoms with van der Waals surface area (Å²) in [6.07, 6.45) is 1.08. The molecule has 0 aliphatic carbocycles. The number of methoxy groups -OCH3 is 1. The smallest absolute Gasteiger partial charge is 0.0895 e. The van der Waals surface area contributed by atoms with Crippen LogP contribution in [0.25, 0.3) is 0 Å². The molecule has 1 aliphatic heterocycles. The summed E-state index contributed by atoms with van der Waals surface area (Å²) in [6, 6.07) is 0. The van der Waals surface area contributed by atoms with Gasteiger partial charge in [-0.2, -0.15) is 11.8 Å². The second-order valence-electron chi connectivity index (χ2n) is 4.43. The highest BCUT2D eigenvalue weighted by Gasteiger charge is 2.39. The summed E-state index contributed by atoms with van der Waals surface area (Å²) < 4.78 is 5.52. The topological polar surface area (TPSA) is 35.2 Å². The van der Waals surface area contributed by atoms with Crippen LogP contribution in [0.1, 0.15) is 20.3 Å². The number of thioether (sulfide) groups is 1. The van der Waals surface area contributed by atoms with E-state index in [-0.39, 0.29) is 5.60 Å². The van der Waals surface area contributed by atoms with Gasteiger partial charge in [0.25, 0.3) is 0 Å². The van der Waals surface area contributed by atoms with Crippen molar-refractivity contribution in [2.24, 2.45) is 11.1 Å². The Labute approximate surface area is 79.2 Å². The first-order chi connectivity index (χ1) is 5.54. The van der Waals surface area contributed by atoms with Gasteiger partial charge in [-0.05, 0) is 17.6 Å². The van der Waals surface area contributed by atoms with Crippen molar-refractivity contribution in [2.45, 2.75) is 25.9 Å². The van der Waals surface area contributed by atoms with Crippen LogP contribution < -0.4 is 5.73 Å². The van der Waals surface area contributed by atoms with Gasteiger partial charge in [0.15, 0.2) is 0 Å². The minimum absolute atomic E-state index is 0.0631. The maximum Gasteiger partial charge on any atom is 0.0895 e. The average molecular weight is 189 g/mol. The third-order valence-corrected chi connectivity index (χ3v) is 4.18. The molecule has 0 saturated carbocycles. The van der Waals surface area contributed by atoms with Gasteiger partial charge in [-0.15, -0.1) is 0 Å². The molecule has 0 aromatic heterocycles. The van der Waals surface area contributed by atoms with Gasteiger partial charge in [0.2, 0.25) is 0 Å². The molecule has 1 fully saturated rings. The van der Waals surface area contributed by atoms with E-state index in [1.165, 1.54) is 5.75 Å². The SMILES string of the molecule is COC1(CN)CSCC(C)(C)C1. The van der Waals surface area contributed by atoms with Crippen molar-refractivity contribution in [1.82, 2.24) is 0 Å². The van der Waals surface area contributed by atoms with E-state index in [0.717, 1.165) is 12.2 Å². The van der Waals surface area contributed by atoms with Gasteiger partial charge in [0, 0.05) is 19.4 Å². The molecule has 0 aromatic rings.